The van der Waals surface area contributed by atoms with Crippen LogP contribution in [-0.4, -0.2) is 32.3 Å². The summed E-state index contributed by atoms with van der Waals surface area (Å²) in [5.74, 6) is 4.64. The Morgan fingerprint density at radius 2 is 1.63 bits per heavy atom. The van der Waals surface area contributed by atoms with Gasteiger partial charge in [0.2, 0.25) is 5.82 Å². The van der Waals surface area contributed by atoms with Crippen LogP contribution in [0.25, 0.3) is 17.0 Å². The maximum atomic E-state index is 10.5. The summed E-state index contributed by atoms with van der Waals surface area (Å²) in [6.07, 6.45) is 15.9. The molecule has 0 aliphatic heterocycles. The van der Waals surface area contributed by atoms with Crippen molar-refractivity contribution in [3.05, 3.63) is 35.9 Å². The summed E-state index contributed by atoms with van der Waals surface area (Å²) in [6.45, 7) is 10.9. The van der Waals surface area contributed by atoms with Gasteiger partial charge in [-0.25, -0.2) is 0 Å². The molecule has 4 fully saturated rings. The third-order valence-corrected chi connectivity index (χ3v) is 13.4. The molecule has 8 atom stereocenters. The first-order valence-corrected chi connectivity index (χ1v) is 15.4. The predicted octanol–water partition coefficient (Wildman–Crippen LogP) is 7.32. The number of benzene rings is 1. The molecule has 4 unspecified atom stereocenters. The summed E-state index contributed by atoms with van der Waals surface area (Å²) < 4.78 is 0. The lowest BCUT2D eigenvalue weighted by Crippen LogP contribution is -2.61. The lowest BCUT2D eigenvalue weighted by atomic mass is 9.36. The van der Waals surface area contributed by atoms with Gasteiger partial charge in [-0.15, -0.1) is 10.2 Å². The van der Waals surface area contributed by atoms with Crippen LogP contribution in [0.5, 0.6) is 0 Å². The number of tetrazole rings is 1. The number of aromatic nitrogens is 4. The fraction of sp³-hybridized carbons (Fsp3) is 0.727. The van der Waals surface area contributed by atoms with Crippen LogP contribution in [0, 0.1) is 51.2 Å². The van der Waals surface area contributed by atoms with Crippen LogP contribution in [0.1, 0.15) is 97.5 Å². The third kappa shape index (κ3) is 3.29. The molecular formula is C33H46N4O. The molecular weight excluding hydrogens is 468 g/mol. The average molecular weight is 515 g/mol. The fourth-order valence-electron chi connectivity index (χ4n) is 11.8. The second-order valence-electron chi connectivity index (χ2n) is 14.9. The number of aromatic amines is 1. The van der Waals surface area contributed by atoms with Gasteiger partial charge in [-0.05, 0) is 125 Å². The Kier molecular flexibility index (Phi) is 5.59. The van der Waals surface area contributed by atoms with E-state index >= 15 is 0 Å². The lowest BCUT2D eigenvalue weighted by molar-refractivity contribution is -0.181. The van der Waals surface area contributed by atoms with Crippen molar-refractivity contribution < 1.29 is 5.11 Å². The number of hydrogen-bond acceptors (Lipinski definition) is 4. The topological polar surface area (TPSA) is 74.7 Å². The number of hydrogen-bond donors (Lipinski definition) is 2. The fourth-order valence-corrected chi connectivity index (χ4v) is 11.8. The van der Waals surface area contributed by atoms with Crippen molar-refractivity contribution in [1.82, 2.24) is 20.6 Å². The maximum Gasteiger partial charge on any atom is 0.204 e. The summed E-state index contributed by atoms with van der Waals surface area (Å²) in [4.78, 5) is 0. The molecule has 2 aromatic rings. The van der Waals surface area contributed by atoms with Crippen LogP contribution in [0.2, 0.25) is 0 Å². The molecule has 1 aromatic heterocycles. The summed E-state index contributed by atoms with van der Waals surface area (Å²) in [5.41, 5.74) is 5.08. The Labute approximate surface area is 228 Å². The van der Waals surface area contributed by atoms with E-state index in [2.05, 4.69) is 78.7 Å². The summed E-state index contributed by atoms with van der Waals surface area (Å²) in [6, 6.07) is 8.81. The van der Waals surface area contributed by atoms with Gasteiger partial charge in [0.1, 0.15) is 0 Å². The molecule has 4 saturated carbocycles. The number of aliphatic hydroxyl groups excluding tert-OH is 1. The van der Waals surface area contributed by atoms with Crippen molar-refractivity contribution in [1.29, 1.82) is 0 Å². The molecule has 5 nitrogen and oxygen atoms in total. The van der Waals surface area contributed by atoms with E-state index in [1.165, 1.54) is 75.3 Å². The molecule has 1 aromatic carbocycles. The van der Waals surface area contributed by atoms with Crippen LogP contribution in [0.4, 0.5) is 0 Å². The molecule has 0 amide bonds. The van der Waals surface area contributed by atoms with E-state index in [0.29, 0.717) is 29.2 Å². The van der Waals surface area contributed by atoms with Gasteiger partial charge in [0.15, 0.2) is 0 Å². The van der Waals surface area contributed by atoms with Gasteiger partial charge < -0.3 is 5.11 Å². The molecule has 204 valence electrons. The van der Waals surface area contributed by atoms with E-state index in [1.807, 2.05) is 0 Å². The molecule has 7 rings (SSSR count). The van der Waals surface area contributed by atoms with Gasteiger partial charge in [0.05, 0.1) is 0 Å². The zero-order valence-electron chi connectivity index (χ0n) is 23.8. The predicted molar refractivity (Wildman–Crippen MR) is 151 cm³/mol. The highest BCUT2D eigenvalue weighted by molar-refractivity contribution is 5.73. The lowest BCUT2D eigenvalue weighted by Gasteiger charge is -2.68. The molecule has 5 heteroatoms. The van der Waals surface area contributed by atoms with Gasteiger partial charge in [0, 0.05) is 12.2 Å². The minimum atomic E-state index is 0.142. The van der Waals surface area contributed by atoms with Crippen LogP contribution >= 0.6 is 0 Å². The minimum absolute atomic E-state index is 0.142. The SMILES string of the molecule is CC1(C)C(c2ccc(-c3nn[nH]n3)cc2)=CC[C@@]2(C)C1CC[C@@]1(C)C3CC[C@@]4(CO)CCCC4[C@H]3CCC12. The molecule has 0 spiro atoms. The normalized spacial score (nSPS) is 43.4. The Morgan fingerprint density at radius 3 is 2.37 bits per heavy atom. The zero-order chi connectivity index (χ0) is 26.3. The Morgan fingerprint density at radius 1 is 0.842 bits per heavy atom. The largest absolute Gasteiger partial charge is 0.396 e. The first-order valence-electron chi connectivity index (χ1n) is 15.4. The number of nitrogens with one attached hydrogen (secondary N) is 1. The summed E-state index contributed by atoms with van der Waals surface area (Å²) in [7, 11) is 0. The van der Waals surface area contributed by atoms with Crippen molar-refractivity contribution in [3.63, 3.8) is 0 Å². The van der Waals surface area contributed by atoms with Gasteiger partial charge in [0.25, 0.3) is 0 Å². The molecule has 2 N–H and O–H groups in total. The van der Waals surface area contributed by atoms with Crippen LogP contribution < -0.4 is 0 Å². The van der Waals surface area contributed by atoms with E-state index in [0.717, 1.165) is 29.2 Å². The second-order valence-corrected chi connectivity index (χ2v) is 14.9. The highest BCUT2D eigenvalue weighted by atomic mass is 16.3. The number of allylic oxidation sites excluding steroid dienone is 2. The number of H-pyrrole nitrogens is 1. The first kappa shape index (κ1) is 25.0. The Bertz CT molecular complexity index is 1220. The van der Waals surface area contributed by atoms with Crippen molar-refractivity contribution in [3.8, 4) is 11.4 Å². The second kappa shape index (κ2) is 8.49. The van der Waals surface area contributed by atoms with E-state index in [9.17, 15) is 5.11 Å². The van der Waals surface area contributed by atoms with Gasteiger partial charge >= 0.3 is 0 Å². The van der Waals surface area contributed by atoms with Crippen molar-refractivity contribution in [2.45, 2.75) is 91.9 Å². The van der Waals surface area contributed by atoms with Crippen LogP contribution in [0.3, 0.4) is 0 Å². The Balaban J connectivity index is 1.19. The van der Waals surface area contributed by atoms with E-state index in [-0.39, 0.29) is 10.8 Å². The quantitative estimate of drug-likeness (QED) is 0.450. The number of rotatable bonds is 3. The van der Waals surface area contributed by atoms with Crippen molar-refractivity contribution >= 4 is 5.57 Å². The van der Waals surface area contributed by atoms with Gasteiger partial charge in [-0.2, -0.15) is 5.21 Å². The van der Waals surface area contributed by atoms with Crippen molar-refractivity contribution in [2.24, 2.45) is 51.2 Å². The molecule has 38 heavy (non-hydrogen) atoms. The number of nitrogens with zero attached hydrogens (tertiary/aromatic N) is 3. The van der Waals surface area contributed by atoms with E-state index in [4.69, 9.17) is 0 Å². The summed E-state index contributed by atoms with van der Waals surface area (Å²) >= 11 is 0. The maximum absolute atomic E-state index is 10.5. The molecule has 5 aliphatic carbocycles. The van der Waals surface area contributed by atoms with Gasteiger partial charge in [-0.1, -0.05) is 64.5 Å². The molecule has 0 saturated heterocycles. The molecule has 1 heterocycles. The minimum Gasteiger partial charge on any atom is -0.396 e. The van der Waals surface area contributed by atoms with Crippen LogP contribution in [-0.2, 0) is 0 Å². The average Bonchev–Trinajstić information content (AvgIpc) is 3.59. The van der Waals surface area contributed by atoms with Crippen LogP contribution in [0.15, 0.2) is 30.3 Å². The van der Waals surface area contributed by atoms with E-state index < -0.39 is 0 Å². The highest BCUT2D eigenvalue weighted by Gasteiger charge is 2.65. The summed E-state index contributed by atoms with van der Waals surface area (Å²) in [5, 5.41) is 25.0. The number of aliphatic hydroxyl groups is 1. The van der Waals surface area contributed by atoms with Crippen molar-refractivity contribution in [2.75, 3.05) is 6.61 Å². The highest BCUT2D eigenvalue weighted by Crippen LogP contribution is 2.73. The molecule has 0 radical (unpaired) electrons. The monoisotopic (exact) mass is 514 g/mol. The molecule has 5 aliphatic rings. The molecule has 0 bridgehead atoms. The third-order valence-electron chi connectivity index (χ3n) is 13.4. The standard InChI is InChI=1S/C33H46N4O/c1-30(2)24(21-7-9-22(10-8-21)29-34-36-37-35-29)13-17-32(4)27(30)15-18-31(3)25-14-19-33(20-38)16-5-6-26(33)23(25)11-12-28(31)32/h7-10,13,23,25-28,38H,5-6,11-12,14-20H2,1-4H3,(H,34,35,36,37)/t23-,25?,26?,27?,28?,31-,32-,33+/m0/s1. The van der Waals surface area contributed by atoms with Gasteiger partial charge in [-0.3, -0.25) is 0 Å². The zero-order valence-corrected chi connectivity index (χ0v) is 23.8. The van der Waals surface area contributed by atoms with E-state index in [1.54, 1.807) is 0 Å². The first-order chi connectivity index (χ1) is 18.2. The Hall–Kier alpha value is -2.01. The smallest absolute Gasteiger partial charge is 0.204 e. The number of fused-ring (bicyclic) bond motifs is 7.